The van der Waals surface area contributed by atoms with Gasteiger partial charge in [0.15, 0.2) is 0 Å². The summed E-state index contributed by atoms with van der Waals surface area (Å²) in [6.07, 6.45) is 1.48. The first kappa shape index (κ1) is 19.6. The molecule has 0 aromatic heterocycles. The second-order valence-corrected chi connectivity index (χ2v) is 8.31. The van der Waals surface area contributed by atoms with Crippen molar-refractivity contribution in [2.45, 2.75) is 44.2 Å². The molecule has 0 aliphatic carbocycles. The quantitative estimate of drug-likeness (QED) is 0.782. The molecule has 1 unspecified atom stereocenters. The number of fused-ring (bicyclic) bond motifs is 2. The van der Waals surface area contributed by atoms with E-state index in [4.69, 9.17) is 9.47 Å². The minimum absolute atomic E-state index is 0.0254. The first-order valence-corrected chi connectivity index (χ1v) is 10.8. The minimum Gasteiger partial charge on any atom is -0.494 e. The number of carbonyl (C=O) groups excluding carboxylic acids is 2. The van der Waals surface area contributed by atoms with Crippen LogP contribution >= 0.6 is 11.8 Å². The Hall–Kier alpha value is -2.67. The van der Waals surface area contributed by atoms with Gasteiger partial charge in [-0.1, -0.05) is 0 Å². The van der Waals surface area contributed by atoms with E-state index < -0.39 is 0 Å². The van der Waals surface area contributed by atoms with Crippen LogP contribution < -0.4 is 20.1 Å². The van der Waals surface area contributed by atoms with E-state index in [2.05, 4.69) is 10.6 Å². The number of anilines is 1. The van der Waals surface area contributed by atoms with Crippen molar-refractivity contribution in [1.82, 2.24) is 5.32 Å². The van der Waals surface area contributed by atoms with Gasteiger partial charge in [0.2, 0.25) is 5.91 Å². The smallest absolute Gasteiger partial charge is 0.251 e. The van der Waals surface area contributed by atoms with Crippen molar-refractivity contribution < 1.29 is 19.1 Å². The number of nitrogens with one attached hydrogen (secondary N) is 2. The van der Waals surface area contributed by atoms with Gasteiger partial charge in [-0.15, -0.1) is 11.8 Å². The molecule has 0 saturated carbocycles. The van der Waals surface area contributed by atoms with E-state index in [0.717, 1.165) is 39.7 Å². The molecule has 0 fully saturated rings. The van der Waals surface area contributed by atoms with Gasteiger partial charge in [-0.25, -0.2) is 0 Å². The van der Waals surface area contributed by atoms with E-state index in [0.29, 0.717) is 30.8 Å². The van der Waals surface area contributed by atoms with E-state index in [1.807, 2.05) is 32.0 Å². The fraction of sp³-hybridized carbons (Fsp3) is 0.364. The summed E-state index contributed by atoms with van der Waals surface area (Å²) in [7, 11) is 0. The Morgan fingerprint density at radius 1 is 1.34 bits per heavy atom. The maximum atomic E-state index is 12.7. The molecular formula is C22H24N2O4S. The highest BCUT2D eigenvalue weighted by Crippen LogP contribution is 2.35. The van der Waals surface area contributed by atoms with Crippen LogP contribution in [-0.2, 0) is 17.8 Å². The molecule has 0 radical (unpaired) electrons. The van der Waals surface area contributed by atoms with Crippen molar-refractivity contribution in [3.05, 3.63) is 47.0 Å². The van der Waals surface area contributed by atoms with Crippen LogP contribution in [0.5, 0.6) is 11.5 Å². The third kappa shape index (κ3) is 4.34. The van der Waals surface area contributed by atoms with E-state index in [1.165, 1.54) is 0 Å². The fourth-order valence-electron chi connectivity index (χ4n) is 3.55. The molecule has 4 rings (SSSR count). The number of thioether (sulfide) groups is 1. The second kappa shape index (κ2) is 8.37. The number of rotatable bonds is 5. The molecule has 7 heteroatoms. The summed E-state index contributed by atoms with van der Waals surface area (Å²) in [6, 6.07) is 9.38. The molecule has 2 amide bonds. The zero-order valence-corrected chi connectivity index (χ0v) is 17.4. The van der Waals surface area contributed by atoms with Gasteiger partial charge in [0.1, 0.15) is 17.6 Å². The van der Waals surface area contributed by atoms with Crippen LogP contribution in [0.2, 0.25) is 0 Å². The molecule has 0 bridgehead atoms. The first-order valence-electron chi connectivity index (χ1n) is 9.83. The Kier molecular flexibility index (Phi) is 5.67. The largest absolute Gasteiger partial charge is 0.494 e. The highest BCUT2D eigenvalue weighted by atomic mass is 32.2. The third-order valence-corrected chi connectivity index (χ3v) is 6.00. The van der Waals surface area contributed by atoms with Gasteiger partial charge in [0, 0.05) is 46.7 Å². The summed E-state index contributed by atoms with van der Waals surface area (Å²) in [6.45, 7) is 4.86. The van der Waals surface area contributed by atoms with Gasteiger partial charge in [-0.2, -0.15) is 0 Å². The predicted octanol–water partition coefficient (Wildman–Crippen LogP) is 3.77. The van der Waals surface area contributed by atoms with Crippen LogP contribution in [-0.4, -0.2) is 30.3 Å². The van der Waals surface area contributed by atoms with Crippen LogP contribution in [0.15, 0.2) is 35.2 Å². The summed E-state index contributed by atoms with van der Waals surface area (Å²) in [4.78, 5) is 25.5. The number of hydrogen-bond donors (Lipinski definition) is 2. The molecule has 2 heterocycles. The monoisotopic (exact) mass is 412 g/mol. The van der Waals surface area contributed by atoms with Crippen molar-refractivity contribution in [3.8, 4) is 11.5 Å². The third-order valence-electron chi connectivity index (χ3n) is 4.92. The molecule has 0 spiro atoms. The van der Waals surface area contributed by atoms with E-state index in [-0.39, 0.29) is 17.9 Å². The van der Waals surface area contributed by atoms with Crippen LogP contribution in [0.4, 0.5) is 5.69 Å². The number of carbonyl (C=O) groups is 2. The van der Waals surface area contributed by atoms with Crippen molar-refractivity contribution in [2.75, 3.05) is 17.7 Å². The number of benzene rings is 2. The van der Waals surface area contributed by atoms with Gasteiger partial charge in [-0.05, 0) is 44.2 Å². The molecule has 29 heavy (non-hydrogen) atoms. The van der Waals surface area contributed by atoms with E-state index >= 15 is 0 Å². The molecule has 2 N–H and O–H groups in total. The Balaban J connectivity index is 1.50. The Labute approximate surface area is 174 Å². The topological polar surface area (TPSA) is 76.7 Å². The van der Waals surface area contributed by atoms with Crippen LogP contribution in [0.3, 0.4) is 0 Å². The van der Waals surface area contributed by atoms with Crippen molar-refractivity contribution >= 4 is 29.3 Å². The lowest BCUT2D eigenvalue weighted by molar-refractivity contribution is -0.115. The van der Waals surface area contributed by atoms with Gasteiger partial charge in [-0.3, -0.25) is 9.59 Å². The summed E-state index contributed by atoms with van der Waals surface area (Å²) in [5.74, 6) is 2.14. The summed E-state index contributed by atoms with van der Waals surface area (Å²) < 4.78 is 11.6. The Bertz CT molecular complexity index is 960. The van der Waals surface area contributed by atoms with Gasteiger partial charge < -0.3 is 20.1 Å². The standard InChI is InChI=1S/C22H24N2O4S/c1-3-27-18-10-15-8-13(2)28-19(15)11-16(18)12-23-22(26)14-4-5-20-17(9-14)24-21(25)6-7-29-20/h4-5,9-11,13H,3,6-8,12H2,1-2H3,(H,23,26)(H,24,25). The average molecular weight is 413 g/mol. The maximum absolute atomic E-state index is 12.7. The fourth-order valence-corrected chi connectivity index (χ4v) is 4.49. The SMILES string of the molecule is CCOc1cc2c(cc1CNC(=O)c1ccc3c(c1)NC(=O)CCS3)OC(C)C2. The zero-order chi connectivity index (χ0) is 20.4. The van der Waals surface area contributed by atoms with Gasteiger partial charge >= 0.3 is 0 Å². The minimum atomic E-state index is -0.200. The normalized spacial score (nSPS) is 17.4. The van der Waals surface area contributed by atoms with Crippen LogP contribution in [0, 0.1) is 0 Å². The van der Waals surface area contributed by atoms with Crippen molar-refractivity contribution in [2.24, 2.45) is 0 Å². The van der Waals surface area contributed by atoms with Crippen LogP contribution in [0.1, 0.15) is 41.8 Å². The number of hydrogen-bond acceptors (Lipinski definition) is 5. The highest BCUT2D eigenvalue weighted by Gasteiger charge is 2.22. The van der Waals surface area contributed by atoms with Crippen LogP contribution in [0.25, 0.3) is 0 Å². The summed E-state index contributed by atoms with van der Waals surface area (Å²) in [5, 5.41) is 5.83. The van der Waals surface area contributed by atoms with E-state index in [1.54, 1.807) is 23.9 Å². The van der Waals surface area contributed by atoms with Gasteiger partial charge in [0.25, 0.3) is 5.91 Å². The number of ether oxygens (including phenoxy) is 2. The highest BCUT2D eigenvalue weighted by molar-refractivity contribution is 7.99. The maximum Gasteiger partial charge on any atom is 0.251 e. The first-order chi connectivity index (χ1) is 14.0. The van der Waals surface area contributed by atoms with Crippen molar-refractivity contribution in [3.63, 3.8) is 0 Å². The molecule has 2 aromatic carbocycles. The molecule has 2 aromatic rings. The lowest BCUT2D eigenvalue weighted by Gasteiger charge is -2.14. The zero-order valence-electron chi connectivity index (χ0n) is 16.5. The summed E-state index contributed by atoms with van der Waals surface area (Å²) in [5.41, 5.74) is 3.22. The summed E-state index contributed by atoms with van der Waals surface area (Å²) >= 11 is 1.62. The molecule has 152 valence electrons. The molecule has 1 atom stereocenters. The Morgan fingerprint density at radius 2 is 2.21 bits per heavy atom. The van der Waals surface area contributed by atoms with Crippen molar-refractivity contribution in [1.29, 1.82) is 0 Å². The van der Waals surface area contributed by atoms with E-state index in [9.17, 15) is 9.59 Å². The molecule has 2 aliphatic rings. The Morgan fingerprint density at radius 3 is 3.03 bits per heavy atom. The average Bonchev–Trinajstić information content (AvgIpc) is 2.94. The number of amides is 2. The molecule has 2 aliphatic heterocycles. The lowest BCUT2D eigenvalue weighted by atomic mass is 10.1. The predicted molar refractivity (Wildman–Crippen MR) is 113 cm³/mol. The lowest BCUT2D eigenvalue weighted by Crippen LogP contribution is -2.23. The molecule has 6 nitrogen and oxygen atoms in total. The molecular weight excluding hydrogens is 388 g/mol. The molecule has 0 saturated heterocycles. The van der Waals surface area contributed by atoms with Gasteiger partial charge in [0.05, 0.1) is 12.3 Å². The second-order valence-electron chi connectivity index (χ2n) is 7.17.